The van der Waals surface area contributed by atoms with Gasteiger partial charge in [-0.1, -0.05) is 6.07 Å². The van der Waals surface area contributed by atoms with Crippen molar-refractivity contribution in [3.05, 3.63) is 58.1 Å². The average Bonchev–Trinajstić information content (AvgIpc) is 2.47. The number of aromatic carboxylic acids is 2. The quantitative estimate of drug-likeness (QED) is 0.710. The number of carboxylic acids is 2. The van der Waals surface area contributed by atoms with Gasteiger partial charge in [0.15, 0.2) is 0 Å². The molecule has 0 saturated carbocycles. The fourth-order valence-electron chi connectivity index (χ4n) is 1.77. The van der Waals surface area contributed by atoms with Crippen molar-refractivity contribution in [1.29, 1.82) is 0 Å². The number of sulfonamides is 1. The number of benzene rings is 2. The Bertz CT molecular complexity index is 894. The fraction of sp³-hybridized carbons (Fsp3) is 0. The summed E-state index contributed by atoms with van der Waals surface area (Å²) in [7, 11) is -4.10. The van der Waals surface area contributed by atoms with Gasteiger partial charge in [-0.2, -0.15) is 0 Å². The van der Waals surface area contributed by atoms with Gasteiger partial charge in [-0.3, -0.25) is 4.72 Å². The molecular weight excluding hydrogens is 390 g/mol. The van der Waals surface area contributed by atoms with E-state index in [4.69, 9.17) is 10.2 Å². The number of halogens is 1. The molecule has 7 nitrogen and oxygen atoms in total. The van der Waals surface area contributed by atoms with Crippen LogP contribution in [0.5, 0.6) is 0 Å². The molecule has 0 aliphatic heterocycles. The standard InChI is InChI=1S/C14H10BrNO6S/c15-11-5-4-9(14(19)20)7-12(11)23(21,22)16-10-3-1-2-8(6-10)13(17)18/h1-7,16H,(H,17,18)(H,19,20). The molecule has 0 aliphatic rings. The van der Waals surface area contributed by atoms with Crippen molar-refractivity contribution < 1.29 is 28.2 Å². The van der Waals surface area contributed by atoms with E-state index < -0.39 is 22.0 Å². The van der Waals surface area contributed by atoms with E-state index in [9.17, 15) is 18.0 Å². The van der Waals surface area contributed by atoms with Crippen molar-refractivity contribution in [1.82, 2.24) is 0 Å². The molecular formula is C14H10BrNO6S. The van der Waals surface area contributed by atoms with Crippen molar-refractivity contribution in [2.75, 3.05) is 4.72 Å². The van der Waals surface area contributed by atoms with Gasteiger partial charge in [0, 0.05) is 10.2 Å². The number of anilines is 1. The summed E-state index contributed by atoms with van der Waals surface area (Å²) in [6.07, 6.45) is 0. The average molecular weight is 400 g/mol. The Hall–Kier alpha value is -2.39. The molecule has 120 valence electrons. The largest absolute Gasteiger partial charge is 0.478 e. The van der Waals surface area contributed by atoms with Crippen LogP contribution in [0.3, 0.4) is 0 Å². The second-order valence-electron chi connectivity index (χ2n) is 4.44. The lowest BCUT2D eigenvalue weighted by Gasteiger charge is -2.11. The topological polar surface area (TPSA) is 121 Å². The molecule has 2 aromatic rings. The summed E-state index contributed by atoms with van der Waals surface area (Å²) in [6, 6.07) is 8.84. The smallest absolute Gasteiger partial charge is 0.335 e. The maximum atomic E-state index is 12.4. The van der Waals surface area contributed by atoms with Crippen LogP contribution in [0.25, 0.3) is 0 Å². The van der Waals surface area contributed by atoms with Gasteiger partial charge < -0.3 is 10.2 Å². The monoisotopic (exact) mass is 399 g/mol. The lowest BCUT2D eigenvalue weighted by atomic mass is 10.2. The van der Waals surface area contributed by atoms with E-state index in [-0.39, 0.29) is 26.2 Å². The summed E-state index contributed by atoms with van der Waals surface area (Å²) < 4.78 is 27.2. The van der Waals surface area contributed by atoms with E-state index in [1.54, 1.807) is 0 Å². The third-order valence-electron chi connectivity index (χ3n) is 2.83. The highest BCUT2D eigenvalue weighted by atomic mass is 79.9. The minimum absolute atomic E-state index is 0.0533. The maximum absolute atomic E-state index is 12.4. The summed E-state index contributed by atoms with van der Waals surface area (Å²) in [5, 5.41) is 17.9. The van der Waals surface area contributed by atoms with E-state index >= 15 is 0 Å². The predicted molar refractivity (Wildman–Crippen MR) is 85.3 cm³/mol. The number of carbonyl (C=O) groups is 2. The molecule has 23 heavy (non-hydrogen) atoms. The van der Waals surface area contributed by atoms with Crippen LogP contribution in [0.2, 0.25) is 0 Å². The molecule has 0 unspecified atom stereocenters. The molecule has 0 saturated heterocycles. The van der Waals surface area contributed by atoms with Crippen LogP contribution < -0.4 is 4.72 Å². The van der Waals surface area contributed by atoms with Crippen LogP contribution in [-0.4, -0.2) is 30.6 Å². The van der Waals surface area contributed by atoms with Gasteiger partial charge >= 0.3 is 11.9 Å². The Labute approximate surface area is 139 Å². The molecule has 2 aromatic carbocycles. The predicted octanol–water partition coefficient (Wildman–Crippen LogP) is 2.65. The number of hydrogen-bond acceptors (Lipinski definition) is 4. The van der Waals surface area contributed by atoms with Crippen LogP contribution in [0, 0.1) is 0 Å². The van der Waals surface area contributed by atoms with Crippen LogP contribution in [0.4, 0.5) is 5.69 Å². The van der Waals surface area contributed by atoms with Crippen molar-refractivity contribution in [3.63, 3.8) is 0 Å². The Balaban J connectivity index is 2.43. The van der Waals surface area contributed by atoms with Gasteiger partial charge in [0.25, 0.3) is 10.0 Å². The molecule has 0 amide bonds. The first-order valence-corrected chi connectivity index (χ1v) is 8.37. The van der Waals surface area contributed by atoms with Gasteiger partial charge in [0.2, 0.25) is 0 Å². The zero-order valence-electron chi connectivity index (χ0n) is 11.4. The van der Waals surface area contributed by atoms with Crippen LogP contribution >= 0.6 is 15.9 Å². The van der Waals surface area contributed by atoms with E-state index in [1.165, 1.54) is 30.3 Å². The molecule has 0 atom stereocenters. The van der Waals surface area contributed by atoms with E-state index in [1.807, 2.05) is 0 Å². The molecule has 0 fully saturated rings. The van der Waals surface area contributed by atoms with Crippen molar-refractivity contribution in [3.8, 4) is 0 Å². The number of nitrogens with one attached hydrogen (secondary N) is 1. The zero-order valence-corrected chi connectivity index (χ0v) is 13.8. The summed E-state index contributed by atoms with van der Waals surface area (Å²) in [4.78, 5) is 21.6. The minimum Gasteiger partial charge on any atom is -0.478 e. The lowest BCUT2D eigenvalue weighted by Crippen LogP contribution is -2.15. The van der Waals surface area contributed by atoms with Crippen LogP contribution in [0.15, 0.2) is 51.8 Å². The van der Waals surface area contributed by atoms with Gasteiger partial charge in [-0.15, -0.1) is 0 Å². The van der Waals surface area contributed by atoms with Gasteiger partial charge in [-0.25, -0.2) is 18.0 Å². The third kappa shape index (κ3) is 3.88. The summed E-state index contributed by atoms with van der Waals surface area (Å²) in [5.74, 6) is -2.46. The molecule has 3 N–H and O–H groups in total. The Morgan fingerprint density at radius 1 is 0.957 bits per heavy atom. The van der Waals surface area contributed by atoms with Crippen LogP contribution in [0.1, 0.15) is 20.7 Å². The van der Waals surface area contributed by atoms with E-state index in [2.05, 4.69) is 20.7 Å². The van der Waals surface area contributed by atoms with E-state index in [0.29, 0.717) is 0 Å². The number of rotatable bonds is 5. The first-order chi connectivity index (χ1) is 10.7. The van der Waals surface area contributed by atoms with Crippen molar-refractivity contribution in [2.45, 2.75) is 4.90 Å². The van der Waals surface area contributed by atoms with Gasteiger partial charge in [-0.05, 0) is 52.3 Å². The molecule has 0 spiro atoms. The molecule has 0 aromatic heterocycles. The SMILES string of the molecule is O=C(O)c1cccc(NS(=O)(=O)c2cc(C(=O)O)ccc2Br)c1. The van der Waals surface area contributed by atoms with Crippen molar-refractivity contribution in [2.24, 2.45) is 0 Å². The molecule has 0 aliphatic carbocycles. The lowest BCUT2D eigenvalue weighted by molar-refractivity contribution is 0.0686. The van der Waals surface area contributed by atoms with Crippen LogP contribution in [-0.2, 0) is 10.0 Å². The van der Waals surface area contributed by atoms with Crippen molar-refractivity contribution >= 4 is 43.6 Å². The molecule has 2 rings (SSSR count). The molecule has 0 bridgehead atoms. The van der Waals surface area contributed by atoms with E-state index in [0.717, 1.165) is 12.1 Å². The second kappa shape index (κ2) is 6.39. The Morgan fingerprint density at radius 2 is 1.57 bits per heavy atom. The third-order valence-corrected chi connectivity index (χ3v) is 5.20. The molecule has 0 heterocycles. The Morgan fingerprint density at radius 3 is 2.17 bits per heavy atom. The molecule has 0 radical (unpaired) electrons. The Kier molecular flexibility index (Phi) is 4.71. The second-order valence-corrected chi connectivity index (χ2v) is 6.95. The molecule has 9 heteroatoms. The van der Waals surface area contributed by atoms with Gasteiger partial charge in [0.1, 0.15) is 4.90 Å². The van der Waals surface area contributed by atoms with Gasteiger partial charge in [0.05, 0.1) is 11.1 Å². The summed E-state index contributed by atoms with van der Waals surface area (Å²) in [6.45, 7) is 0. The highest BCUT2D eigenvalue weighted by molar-refractivity contribution is 9.10. The minimum atomic E-state index is -4.10. The highest BCUT2D eigenvalue weighted by Crippen LogP contribution is 2.26. The normalized spacial score (nSPS) is 11.0. The first-order valence-electron chi connectivity index (χ1n) is 6.10. The maximum Gasteiger partial charge on any atom is 0.335 e. The highest BCUT2D eigenvalue weighted by Gasteiger charge is 2.20. The summed E-state index contributed by atoms with van der Waals surface area (Å²) in [5.41, 5.74) is -0.214. The summed E-state index contributed by atoms with van der Waals surface area (Å²) >= 11 is 3.06. The fourth-order valence-corrected chi connectivity index (χ4v) is 3.81. The number of carboxylic acid groups (broad SMARTS) is 2. The zero-order chi connectivity index (χ0) is 17.2. The number of hydrogen-bond donors (Lipinski definition) is 3. The first kappa shape index (κ1) is 17.0.